The minimum absolute atomic E-state index is 0.0436. The summed E-state index contributed by atoms with van der Waals surface area (Å²) >= 11 is 0. The summed E-state index contributed by atoms with van der Waals surface area (Å²) in [6.45, 7) is 4.06. The molecule has 0 heterocycles. The number of carbonyl (C=O) groups is 1. The van der Waals surface area contributed by atoms with Crippen molar-refractivity contribution in [3.8, 4) is 5.75 Å². The van der Waals surface area contributed by atoms with Crippen LogP contribution in [0.3, 0.4) is 0 Å². The maximum absolute atomic E-state index is 11.8. The zero-order valence-electron chi connectivity index (χ0n) is 12.2. The number of nitrogens with one attached hydrogen (secondary N) is 1. The molecular weight excluding hydrogens is 254 g/mol. The lowest BCUT2D eigenvalue weighted by Crippen LogP contribution is -2.40. The Labute approximate surface area is 120 Å². The molecule has 20 heavy (non-hydrogen) atoms. The van der Waals surface area contributed by atoms with E-state index < -0.39 is 0 Å². The Morgan fingerprint density at radius 1 is 1.20 bits per heavy atom. The fraction of sp³-hybridized carbons (Fsp3) is 0.562. The molecule has 0 spiro atoms. The third kappa shape index (κ3) is 4.53. The van der Waals surface area contributed by atoms with Gasteiger partial charge in [-0.3, -0.25) is 4.79 Å². The third-order valence-corrected chi connectivity index (χ3v) is 3.63. The Bertz CT molecular complexity index is 445. The number of benzene rings is 1. The van der Waals surface area contributed by atoms with Crippen molar-refractivity contribution in [3.63, 3.8) is 0 Å². The van der Waals surface area contributed by atoms with Gasteiger partial charge in [0.2, 0.25) is 0 Å². The van der Waals surface area contributed by atoms with Gasteiger partial charge in [-0.2, -0.15) is 0 Å². The summed E-state index contributed by atoms with van der Waals surface area (Å²) in [7, 11) is 0. The predicted molar refractivity (Wildman–Crippen MR) is 77.8 cm³/mol. The highest BCUT2D eigenvalue weighted by atomic mass is 16.5. The van der Waals surface area contributed by atoms with Crippen molar-refractivity contribution in [2.24, 2.45) is 0 Å². The second-order valence-corrected chi connectivity index (χ2v) is 5.69. The van der Waals surface area contributed by atoms with Crippen molar-refractivity contribution in [2.45, 2.75) is 51.7 Å². The highest BCUT2D eigenvalue weighted by Crippen LogP contribution is 2.18. The van der Waals surface area contributed by atoms with Gasteiger partial charge in [0.25, 0.3) is 5.91 Å². The molecule has 1 aromatic carbocycles. The van der Waals surface area contributed by atoms with Gasteiger partial charge in [0.15, 0.2) is 6.61 Å². The molecule has 0 saturated heterocycles. The van der Waals surface area contributed by atoms with Crippen molar-refractivity contribution in [1.29, 1.82) is 0 Å². The van der Waals surface area contributed by atoms with Crippen LogP contribution in [-0.4, -0.2) is 29.8 Å². The number of aryl methyl sites for hydroxylation is 2. The molecule has 1 aliphatic carbocycles. The van der Waals surface area contributed by atoms with E-state index >= 15 is 0 Å². The zero-order chi connectivity index (χ0) is 14.5. The number of aliphatic hydroxyl groups is 1. The smallest absolute Gasteiger partial charge is 0.258 e. The van der Waals surface area contributed by atoms with Crippen molar-refractivity contribution in [2.75, 3.05) is 6.61 Å². The van der Waals surface area contributed by atoms with E-state index in [-0.39, 0.29) is 24.7 Å². The maximum atomic E-state index is 11.8. The molecule has 1 amide bonds. The van der Waals surface area contributed by atoms with Crippen LogP contribution in [0.5, 0.6) is 5.75 Å². The molecule has 0 radical (unpaired) electrons. The minimum Gasteiger partial charge on any atom is -0.484 e. The molecule has 110 valence electrons. The van der Waals surface area contributed by atoms with E-state index in [0.29, 0.717) is 0 Å². The van der Waals surface area contributed by atoms with E-state index in [2.05, 4.69) is 11.4 Å². The molecule has 2 N–H and O–H groups in total. The van der Waals surface area contributed by atoms with Gasteiger partial charge in [0, 0.05) is 6.04 Å². The van der Waals surface area contributed by atoms with Crippen LogP contribution in [-0.2, 0) is 4.79 Å². The SMILES string of the molecule is Cc1cc(C)cc(OCC(=O)NC2CCC(O)CC2)c1. The number of amides is 1. The summed E-state index contributed by atoms with van der Waals surface area (Å²) in [5.74, 6) is 0.641. The molecule has 4 heteroatoms. The summed E-state index contributed by atoms with van der Waals surface area (Å²) < 4.78 is 5.53. The quantitative estimate of drug-likeness (QED) is 0.886. The fourth-order valence-corrected chi connectivity index (χ4v) is 2.65. The molecule has 1 fully saturated rings. The molecule has 4 nitrogen and oxygen atoms in total. The Hall–Kier alpha value is -1.55. The zero-order valence-corrected chi connectivity index (χ0v) is 12.2. The van der Waals surface area contributed by atoms with E-state index in [0.717, 1.165) is 42.6 Å². The van der Waals surface area contributed by atoms with E-state index in [1.165, 1.54) is 0 Å². The van der Waals surface area contributed by atoms with E-state index in [4.69, 9.17) is 4.74 Å². The number of hydrogen-bond acceptors (Lipinski definition) is 3. The normalized spacial score (nSPS) is 22.4. The monoisotopic (exact) mass is 277 g/mol. The summed E-state index contributed by atoms with van der Waals surface area (Å²) in [4.78, 5) is 11.8. The molecule has 0 aromatic heterocycles. The van der Waals surface area contributed by atoms with E-state index in [1.54, 1.807) is 0 Å². The fourth-order valence-electron chi connectivity index (χ4n) is 2.65. The van der Waals surface area contributed by atoms with Crippen molar-refractivity contribution in [3.05, 3.63) is 29.3 Å². The lowest BCUT2D eigenvalue weighted by atomic mass is 9.93. The number of aliphatic hydroxyl groups excluding tert-OH is 1. The van der Waals surface area contributed by atoms with Gasteiger partial charge in [-0.05, 0) is 62.8 Å². The molecule has 0 bridgehead atoms. The minimum atomic E-state index is -0.199. The standard InChI is InChI=1S/C16H23NO3/c1-11-7-12(2)9-15(8-11)20-10-16(19)17-13-3-5-14(18)6-4-13/h7-9,13-14,18H,3-6,10H2,1-2H3,(H,17,19). The summed E-state index contributed by atoms with van der Waals surface area (Å²) in [5.41, 5.74) is 2.25. The largest absolute Gasteiger partial charge is 0.484 e. The maximum Gasteiger partial charge on any atom is 0.258 e. The van der Waals surface area contributed by atoms with Crippen LogP contribution in [0.25, 0.3) is 0 Å². The average Bonchev–Trinajstić information content (AvgIpc) is 2.38. The van der Waals surface area contributed by atoms with Crippen LogP contribution in [0, 0.1) is 13.8 Å². The van der Waals surface area contributed by atoms with Crippen molar-refractivity contribution in [1.82, 2.24) is 5.32 Å². The molecule has 2 rings (SSSR count). The van der Waals surface area contributed by atoms with Crippen LogP contribution in [0.15, 0.2) is 18.2 Å². The number of carbonyl (C=O) groups excluding carboxylic acids is 1. The lowest BCUT2D eigenvalue weighted by molar-refractivity contribution is -0.124. The van der Waals surface area contributed by atoms with E-state index in [1.807, 2.05) is 26.0 Å². The van der Waals surface area contributed by atoms with Gasteiger partial charge in [0.05, 0.1) is 6.10 Å². The summed E-state index contributed by atoms with van der Waals surface area (Å²) in [6.07, 6.45) is 3.02. The van der Waals surface area contributed by atoms with Gasteiger partial charge in [-0.15, -0.1) is 0 Å². The molecule has 0 atom stereocenters. The first kappa shape index (κ1) is 14.9. The molecule has 0 unspecified atom stereocenters. The lowest BCUT2D eigenvalue weighted by Gasteiger charge is -2.26. The Kier molecular flexibility index (Phi) is 5.01. The number of ether oxygens (including phenoxy) is 1. The highest BCUT2D eigenvalue weighted by molar-refractivity contribution is 5.77. The van der Waals surface area contributed by atoms with Gasteiger partial charge in [-0.25, -0.2) is 0 Å². The first-order chi connectivity index (χ1) is 9.52. The highest BCUT2D eigenvalue weighted by Gasteiger charge is 2.20. The number of hydrogen-bond donors (Lipinski definition) is 2. The van der Waals surface area contributed by atoms with Gasteiger partial charge < -0.3 is 15.2 Å². The third-order valence-electron chi connectivity index (χ3n) is 3.63. The Balaban J connectivity index is 1.77. The van der Waals surface area contributed by atoms with Crippen LogP contribution in [0.4, 0.5) is 0 Å². The van der Waals surface area contributed by atoms with Crippen molar-refractivity contribution >= 4 is 5.91 Å². The van der Waals surface area contributed by atoms with Gasteiger partial charge in [0.1, 0.15) is 5.75 Å². The van der Waals surface area contributed by atoms with Gasteiger partial charge in [-0.1, -0.05) is 6.07 Å². The molecule has 1 aromatic rings. The second-order valence-electron chi connectivity index (χ2n) is 5.69. The van der Waals surface area contributed by atoms with Gasteiger partial charge >= 0.3 is 0 Å². The topological polar surface area (TPSA) is 58.6 Å². The second kappa shape index (κ2) is 6.75. The summed E-state index contributed by atoms with van der Waals surface area (Å²) in [5, 5.41) is 12.4. The first-order valence-corrected chi connectivity index (χ1v) is 7.21. The molecule has 1 aliphatic rings. The molecule has 1 saturated carbocycles. The van der Waals surface area contributed by atoms with Crippen LogP contribution in [0.1, 0.15) is 36.8 Å². The Morgan fingerprint density at radius 3 is 2.40 bits per heavy atom. The number of rotatable bonds is 4. The van der Waals surface area contributed by atoms with Crippen LogP contribution >= 0.6 is 0 Å². The van der Waals surface area contributed by atoms with E-state index in [9.17, 15) is 9.90 Å². The Morgan fingerprint density at radius 2 is 1.80 bits per heavy atom. The summed E-state index contributed by atoms with van der Waals surface area (Å²) in [6, 6.07) is 6.10. The molecule has 0 aliphatic heterocycles. The average molecular weight is 277 g/mol. The predicted octanol–water partition coefficient (Wildman–Crippen LogP) is 2.10. The van der Waals surface area contributed by atoms with Crippen LogP contribution in [0.2, 0.25) is 0 Å². The van der Waals surface area contributed by atoms with Crippen LogP contribution < -0.4 is 10.1 Å². The molecular formula is C16H23NO3. The van der Waals surface area contributed by atoms with Crippen molar-refractivity contribution < 1.29 is 14.6 Å². The first-order valence-electron chi connectivity index (χ1n) is 7.21.